The molecule has 1 heterocycles. The van der Waals surface area contributed by atoms with Gasteiger partial charge in [0.25, 0.3) is 0 Å². The van der Waals surface area contributed by atoms with Gasteiger partial charge in [-0.2, -0.15) is 0 Å². The number of anilines is 1. The van der Waals surface area contributed by atoms with E-state index in [0.29, 0.717) is 29.4 Å². The zero-order chi connectivity index (χ0) is 11.7. The molecule has 0 radical (unpaired) electrons. The molecule has 1 saturated heterocycles. The topological polar surface area (TPSA) is 29.5 Å². The van der Waals surface area contributed by atoms with Gasteiger partial charge in [0.15, 0.2) is 0 Å². The van der Waals surface area contributed by atoms with Crippen molar-refractivity contribution < 1.29 is 9.53 Å². The van der Waals surface area contributed by atoms with Crippen LogP contribution in [-0.2, 0) is 4.79 Å². The van der Waals surface area contributed by atoms with Gasteiger partial charge in [-0.05, 0) is 12.1 Å². The molecule has 3 nitrogen and oxygen atoms in total. The van der Waals surface area contributed by atoms with Gasteiger partial charge in [0.1, 0.15) is 10.8 Å². The fourth-order valence-electron chi connectivity index (χ4n) is 1.76. The van der Waals surface area contributed by atoms with E-state index in [0.717, 1.165) is 0 Å². The summed E-state index contributed by atoms with van der Waals surface area (Å²) in [6, 6.07) is 5.43. The number of methoxy groups -OCH3 is 1. The average Bonchev–Trinajstić information content (AvgIpc) is 2.58. The lowest BCUT2D eigenvalue weighted by molar-refractivity contribution is -0.117. The second-order valence-corrected chi connectivity index (χ2v) is 5.27. The maximum atomic E-state index is 11.7. The first kappa shape index (κ1) is 11.7. The molecule has 16 heavy (non-hydrogen) atoms. The maximum absolute atomic E-state index is 11.7. The minimum absolute atomic E-state index is 0.0806. The molecule has 0 N–H and O–H groups in total. The van der Waals surface area contributed by atoms with Crippen molar-refractivity contribution in [3.05, 3.63) is 23.2 Å². The Balaban J connectivity index is 2.37. The summed E-state index contributed by atoms with van der Waals surface area (Å²) in [4.78, 5) is 13.6. The molecule has 0 aliphatic carbocycles. The third-order valence-corrected chi connectivity index (χ3v) is 3.52. The van der Waals surface area contributed by atoms with E-state index in [1.807, 2.05) is 12.1 Å². The van der Waals surface area contributed by atoms with Crippen molar-refractivity contribution in [3.8, 4) is 5.75 Å². The lowest BCUT2D eigenvalue weighted by Crippen LogP contribution is -2.24. The molecule has 1 unspecified atom stereocenters. The Bertz CT molecular complexity index is 424. The predicted molar refractivity (Wildman–Crippen MR) is 67.7 cm³/mol. The second kappa shape index (κ2) is 4.63. The highest BCUT2D eigenvalue weighted by molar-refractivity contribution is 9.09. The molecule has 86 valence electrons. The van der Waals surface area contributed by atoms with E-state index in [-0.39, 0.29) is 10.7 Å². The molecule has 0 spiro atoms. The van der Waals surface area contributed by atoms with Gasteiger partial charge in [-0.1, -0.05) is 33.6 Å². The van der Waals surface area contributed by atoms with Crippen molar-refractivity contribution in [2.24, 2.45) is 0 Å². The lowest BCUT2D eigenvalue weighted by Gasteiger charge is -2.18. The first-order valence-corrected chi connectivity index (χ1v) is 6.19. The summed E-state index contributed by atoms with van der Waals surface area (Å²) in [6.45, 7) is 0.645. The first-order chi connectivity index (χ1) is 7.63. The van der Waals surface area contributed by atoms with Crippen LogP contribution in [0.3, 0.4) is 0 Å². The predicted octanol–water partition coefficient (Wildman–Crippen LogP) is 2.85. The first-order valence-electron chi connectivity index (χ1n) is 4.90. The molecule has 1 amide bonds. The molecule has 1 aliphatic heterocycles. The fraction of sp³-hybridized carbons (Fsp3) is 0.364. The standard InChI is InChI=1S/C11H11BrClNO2/c1-16-9-4-2-3-8(11(9)13)14-6-7(12)5-10(14)15/h2-4,7H,5-6H2,1H3. The summed E-state index contributed by atoms with van der Waals surface area (Å²) >= 11 is 9.61. The summed E-state index contributed by atoms with van der Waals surface area (Å²) in [5.74, 6) is 0.669. The number of carbonyl (C=O) groups is 1. The van der Waals surface area contributed by atoms with Gasteiger partial charge in [0.05, 0.1) is 12.8 Å². The Morgan fingerprint density at radius 2 is 2.31 bits per heavy atom. The minimum Gasteiger partial charge on any atom is -0.495 e. The number of amides is 1. The molecule has 1 fully saturated rings. The third-order valence-electron chi connectivity index (χ3n) is 2.53. The van der Waals surface area contributed by atoms with E-state index in [1.54, 1.807) is 18.1 Å². The fourth-order valence-corrected chi connectivity index (χ4v) is 2.63. The summed E-state index contributed by atoms with van der Waals surface area (Å²) in [7, 11) is 1.56. The van der Waals surface area contributed by atoms with Gasteiger partial charge in [0.2, 0.25) is 5.91 Å². The van der Waals surface area contributed by atoms with Gasteiger partial charge in [-0.25, -0.2) is 0 Å². The number of ether oxygens (including phenoxy) is 1. The number of benzene rings is 1. The highest BCUT2D eigenvalue weighted by Gasteiger charge is 2.30. The van der Waals surface area contributed by atoms with E-state index < -0.39 is 0 Å². The molecule has 0 bridgehead atoms. The monoisotopic (exact) mass is 303 g/mol. The zero-order valence-corrected chi connectivity index (χ0v) is 11.1. The van der Waals surface area contributed by atoms with Gasteiger partial charge in [-0.3, -0.25) is 4.79 Å². The van der Waals surface area contributed by atoms with Crippen LogP contribution in [0.25, 0.3) is 0 Å². The van der Waals surface area contributed by atoms with Crippen molar-refractivity contribution in [2.45, 2.75) is 11.2 Å². The average molecular weight is 305 g/mol. The Hall–Kier alpha value is -0.740. The normalized spacial score (nSPS) is 20.3. The summed E-state index contributed by atoms with van der Waals surface area (Å²) in [5.41, 5.74) is 0.716. The smallest absolute Gasteiger partial charge is 0.228 e. The molecule has 0 saturated carbocycles. The minimum atomic E-state index is 0.0806. The van der Waals surface area contributed by atoms with Crippen LogP contribution in [0, 0.1) is 0 Å². The van der Waals surface area contributed by atoms with Crippen LogP contribution in [0.15, 0.2) is 18.2 Å². The molecule has 1 aromatic carbocycles. The van der Waals surface area contributed by atoms with Crippen LogP contribution in [0.4, 0.5) is 5.69 Å². The van der Waals surface area contributed by atoms with Crippen molar-refractivity contribution in [2.75, 3.05) is 18.6 Å². The van der Waals surface area contributed by atoms with Gasteiger partial charge in [-0.15, -0.1) is 0 Å². The zero-order valence-electron chi connectivity index (χ0n) is 8.74. The summed E-state index contributed by atoms with van der Waals surface area (Å²) in [6.07, 6.45) is 0.507. The largest absolute Gasteiger partial charge is 0.495 e. The van der Waals surface area contributed by atoms with Crippen LogP contribution < -0.4 is 9.64 Å². The van der Waals surface area contributed by atoms with E-state index in [4.69, 9.17) is 16.3 Å². The Labute approximate surface area is 107 Å². The molecular formula is C11H11BrClNO2. The van der Waals surface area contributed by atoms with Crippen LogP contribution >= 0.6 is 27.5 Å². The number of hydrogen-bond acceptors (Lipinski definition) is 2. The van der Waals surface area contributed by atoms with E-state index in [2.05, 4.69) is 15.9 Å². The number of hydrogen-bond donors (Lipinski definition) is 0. The van der Waals surface area contributed by atoms with Crippen molar-refractivity contribution in [1.29, 1.82) is 0 Å². The van der Waals surface area contributed by atoms with Crippen LogP contribution in [0.1, 0.15) is 6.42 Å². The highest BCUT2D eigenvalue weighted by atomic mass is 79.9. The van der Waals surface area contributed by atoms with Crippen molar-refractivity contribution in [1.82, 2.24) is 0 Å². The van der Waals surface area contributed by atoms with Gasteiger partial charge in [0, 0.05) is 17.8 Å². The summed E-state index contributed by atoms with van der Waals surface area (Å²) in [5, 5.41) is 0.486. The highest BCUT2D eigenvalue weighted by Crippen LogP contribution is 2.36. The number of carbonyl (C=O) groups excluding carboxylic acids is 1. The van der Waals surface area contributed by atoms with Gasteiger partial charge < -0.3 is 9.64 Å². The third kappa shape index (κ3) is 2.04. The van der Waals surface area contributed by atoms with Crippen LogP contribution in [-0.4, -0.2) is 24.4 Å². The number of nitrogens with zero attached hydrogens (tertiary/aromatic N) is 1. The number of halogens is 2. The molecule has 1 atom stereocenters. The quantitative estimate of drug-likeness (QED) is 0.786. The van der Waals surface area contributed by atoms with E-state index in [1.165, 1.54) is 0 Å². The molecule has 0 aromatic heterocycles. The SMILES string of the molecule is COc1cccc(N2CC(Br)CC2=O)c1Cl. The second-order valence-electron chi connectivity index (χ2n) is 3.60. The Kier molecular flexibility index (Phi) is 3.40. The van der Waals surface area contributed by atoms with Crippen LogP contribution in [0.2, 0.25) is 5.02 Å². The van der Waals surface area contributed by atoms with Crippen molar-refractivity contribution in [3.63, 3.8) is 0 Å². The van der Waals surface area contributed by atoms with Crippen molar-refractivity contribution >= 4 is 39.1 Å². The maximum Gasteiger partial charge on any atom is 0.228 e. The Morgan fingerprint density at radius 3 is 2.88 bits per heavy atom. The molecular weight excluding hydrogens is 293 g/mol. The molecule has 1 aromatic rings. The molecule has 1 aliphatic rings. The Morgan fingerprint density at radius 1 is 1.56 bits per heavy atom. The summed E-state index contributed by atoms with van der Waals surface area (Å²) < 4.78 is 5.13. The molecule has 5 heteroatoms. The van der Waals surface area contributed by atoms with Gasteiger partial charge >= 0.3 is 0 Å². The number of alkyl halides is 1. The lowest BCUT2D eigenvalue weighted by atomic mass is 10.2. The van der Waals surface area contributed by atoms with E-state index in [9.17, 15) is 4.79 Å². The van der Waals surface area contributed by atoms with E-state index >= 15 is 0 Å². The van der Waals surface area contributed by atoms with Crippen LogP contribution in [0.5, 0.6) is 5.75 Å². The number of rotatable bonds is 2. The molecule has 2 rings (SSSR count).